The lowest BCUT2D eigenvalue weighted by Crippen LogP contribution is -2.77. The lowest BCUT2D eigenvalue weighted by molar-refractivity contribution is -0.656. The van der Waals surface area contributed by atoms with Gasteiger partial charge < -0.3 is 30.5 Å². The fraction of sp³-hybridized carbons (Fsp3) is 0.400. The number of amides is 2. The summed E-state index contributed by atoms with van der Waals surface area (Å²) in [5, 5.41) is 11.2. The minimum atomic E-state index is -5.66. The summed E-state index contributed by atoms with van der Waals surface area (Å²) in [6.07, 6.45) is -2.84. The molecule has 2 aromatic heterocycles. The molecule has 6 N–H and O–H groups in total. The molecule has 1 saturated heterocycles. The molecule has 0 radical (unpaired) electrons. The highest BCUT2D eigenvalue weighted by Gasteiger charge is 2.59. The molecular formula is C30H34F3N8O9S2+. The van der Waals surface area contributed by atoms with Crippen molar-refractivity contribution in [1.82, 2.24) is 15.4 Å². The number of nitrogen functional groups attached to an aromatic ring is 1. The van der Waals surface area contributed by atoms with Gasteiger partial charge in [-0.25, -0.2) is 14.3 Å². The highest BCUT2D eigenvalue weighted by Crippen LogP contribution is 2.34. The molecule has 3 aromatic rings. The number of carbonyl (C=O) groups excluding carboxylic acids is 3. The summed E-state index contributed by atoms with van der Waals surface area (Å²) in [4.78, 5) is 46.6. The maximum absolute atomic E-state index is 13.4. The van der Waals surface area contributed by atoms with Gasteiger partial charge in [-0.3, -0.25) is 14.9 Å². The van der Waals surface area contributed by atoms with Crippen LogP contribution >= 0.6 is 11.3 Å². The summed E-state index contributed by atoms with van der Waals surface area (Å²) >= 11 is 0.993. The van der Waals surface area contributed by atoms with Gasteiger partial charge in [-0.05, 0) is 56.0 Å². The number of fused-ring (bicyclic) bond motifs is 1. The Morgan fingerprint density at radius 2 is 1.96 bits per heavy atom. The molecule has 0 aliphatic carbocycles. The van der Waals surface area contributed by atoms with Gasteiger partial charge in [-0.2, -0.15) is 26.7 Å². The lowest BCUT2D eigenvalue weighted by atomic mass is 9.84. The molecule has 2 atom stereocenters. The summed E-state index contributed by atoms with van der Waals surface area (Å²) in [5.41, 5.74) is 12.3. The van der Waals surface area contributed by atoms with E-state index in [2.05, 4.69) is 35.3 Å². The standard InChI is InChI=1S/C30H33F3N8O9S2/c1-29(2)24(26(43)41(29)50-52(45,46)49-27(44)30(31,32)33)38-25(42)23(20-15-51-28(35)37-20)39-47-14-19-7-4-17-12-16(5-8-21(17)48-19)18-6-9-22(36-11-10-34)40(3)13-18/h5-6,8-9,12-13,15,19,24H,4,7,10-11,14,34H2,1-3H3,(H3,35,37,38,42)/p+1/b39-23-/t19-,24+/m1/s1. The molecule has 0 spiro atoms. The van der Waals surface area contributed by atoms with E-state index >= 15 is 0 Å². The summed E-state index contributed by atoms with van der Waals surface area (Å²) in [6.45, 7) is 3.56. The van der Waals surface area contributed by atoms with Gasteiger partial charge in [0, 0.05) is 23.6 Å². The minimum absolute atomic E-state index is 0.00152. The average molecular weight is 772 g/mol. The van der Waals surface area contributed by atoms with E-state index in [1.807, 2.05) is 42.1 Å². The quantitative estimate of drug-likeness (QED) is 0.0827. The molecule has 2 aliphatic rings. The van der Waals surface area contributed by atoms with E-state index in [-0.39, 0.29) is 28.2 Å². The highest BCUT2D eigenvalue weighted by molar-refractivity contribution is 7.82. The topological polar surface area (TPSA) is 231 Å². The Kier molecular flexibility index (Phi) is 10.9. The van der Waals surface area contributed by atoms with E-state index < -0.39 is 52.0 Å². The molecule has 280 valence electrons. The van der Waals surface area contributed by atoms with Gasteiger partial charge in [0.2, 0.25) is 0 Å². The van der Waals surface area contributed by atoms with Gasteiger partial charge in [0.15, 0.2) is 17.5 Å². The van der Waals surface area contributed by atoms with E-state index in [1.54, 1.807) is 0 Å². The molecule has 4 heterocycles. The van der Waals surface area contributed by atoms with Crippen molar-refractivity contribution in [3.05, 3.63) is 53.2 Å². The Bertz CT molecular complexity index is 2010. The summed E-state index contributed by atoms with van der Waals surface area (Å²) in [6, 6.07) is 8.40. The van der Waals surface area contributed by atoms with E-state index in [0.29, 0.717) is 31.7 Å². The molecule has 2 amide bonds. The molecule has 0 unspecified atom stereocenters. The third-order valence-electron chi connectivity index (χ3n) is 7.93. The minimum Gasteiger partial charge on any atom is -0.486 e. The Morgan fingerprint density at radius 3 is 2.60 bits per heavy atom. The second-order valence-corrected chi connectivity index (χ2v) is 14.1. The number of carbonyl (C=O) groups is 3. The maximum Gasteiger partial charge on any atom is 0.492 e. The number of hydroxylamine groups is 2. The fourth-order valence-electron chi connectivity index (χ4n) is 5.26. The van der Waals surface area contributed by atoms with Crippen molar-refractivity contribution in [2.24, 2.45) is 17.9 Å². The molecule has 22 heteroatoms. The Morgan fingerprint density at radius 1 is 1.23 bits per heavy atom. The van der Waals surface area contributed by atoms with Gasteiger partial charge in [-0.1, -0.05) is 11.2 Å². The second-order valence-electron chi connectivity index (χ2n) is 12.1. The van der Waals surface area contributed by atoms with E-state index in [4.69, 9.17) is 21.0 Å². The second kappa shape index (κ2) is 14.9. The van der Waals surface area contributed by atoms with Crippen molar-refractivity contribution in [2.45, 2.75) is 50.6 Å². The van der Waals surface area contributed by atoms with Gasteiger partial charge in [0.25, 0.3) is 17.6 Å². The average Bonchev–Trinajstić information content (AvgIpc) is 3.51. The molecule has 1 fully saturated rings. The summed E-state index contributed by atoms with van der Waals surface area (Å²) in [5.74, 6) is -3.65. The number of oxime groups is 1. The number of hydrogen-bond donors (Lipinski definition) is 4. The van der Waals surface area contributed by atoms with Crippen molar-refractivity contribution in [3.63, 3.8) is 0 Å². The fourth-order valence-corrected chi connectivity index (χ4v) is 6.57. The number of ether oxygens (including phenoxy) is 1. The highest BCUT2D eigenvalue weighted by atomic mass is 32.3. The largest absolute Gasteiger partial charge is 0.492 e. The van der Waals surface area contributed by atoms with Crippen LogP contribution in [0.25, 0.3) is 11.1 Å². The molecule has 17 nitrogen and oxygen atoms in total. The first-order valence-electron chi connectivity index (χ1n) is 15.4. The van der Waals surface area contributed by atoms with Crippen LogP contribution in [-0.2, 0) is 51.6 Å². The number of rotatable bonds is 13. The number of nitrogens with one attached hydrogen (secondary N) is 2. The van der Waals surface area contributed by atoms with Gasteiger partial charge in [0.1, 0.15) is 23.6 Å². The zero-order valence-electron chi connectivity index (χ0n) is 27.8. The van der Waals surface area contributed by atoms with Gasteiger partial charge >= 0.3 is 22.5 Å². The number of aromatic nitrogens is 2. The third-order valence-corrected chi connectivity index (χ3v) is 9.29. The van der Waals surface area contributed by atoms with Crippen molar-refractivity contribution in [3.8, 4) is 16.9 Å². The number of anilines is 2. The van der Waals surface area contributed by atoms with Crippen molar-refractivity contribution in [2.75, 3.05) is 30.7 Å². The molecule has 2 aliphatic heterocycles. The molecule has 52 heavy (non-hydrogen) atoms. The number of β-lactam (4-membered cyclic amide) rings is 1. The van der Waals surface area contributed by atoms with Crippen LogP contribution in [0.1, 0.15) is 31.5 Å². The Balaban J connectivity index is 1.22. The molecule has 1 aromatic carbocycles. The molecular weight excluding hydrogens is 738 g/mol. The number of benzene rings is 1. The third kappa shape index (κ3) is 8.52. The first-order chi connectivity index (χ1) is 24.4. The number of aryl methyl sites for hydroxylation is 2. The normalized spacial score (nSPS) is 18.5. The zero-order chi connectivity index (χ0) is 38.0. The Labute approximate surface area is 298 Å². The Hall–Kier alpha value is -5.06. The van der Waals surface area contributed by atoms with Crippen molar-refractivity contribution < 1.29 is 58.6 Å². The maximum atomic E-state index is 13.4. The monoisotopic (exact) mass is 771 g/mol. The lowest BCUT2D eigenvalue weighted by Gasteiger charge is -2.50. The number of nitrogens with two attached hydrogens (primary N) is 2. The molecule has 0 bridgehead atoms. The van der Waals surface area contributed by atoms with Crippen LogP contribution < -0.4 is 31.4 Å². The van der Waals surface area contributed by atoms with Gasteiger partial charge in [-0.15, -0.1) is 15.6 Å². The zero-order valence-corrected chi connectivity index (χ0v) is 29.4. The first kappa shape index (κ1) is 38.2. The smallest absolute Gasteiger partial charge is 0.486 e. The van der Waals surface area contributed by atoms with Crippen LogP contribution in [0.3, 0.4) is 0 Å². The molecule has 0 saturated carbocycles. The predicted octanol–water partition coefficient (Wildman–Crippen LogP) is 1.09. The van der Waals surface area contributed by atoms with E-state index in [9.17, 15) is 36.0 Å². The number of hydrogen-bond acceptors (Lipinski definition) is 15. The summed E-state index contributed by atoms with van der Waals surface area (Å²) < 4.78 is 76.9. The van der Waals surface area contributed by atoms with Crippen LogP contribution in [0.4, 0.5) is 24.1 Å². The van der Waals surface area contributed by atoms with E-state index in [1.165, 1.54) is 19.2 Å². The number of nitrogens with zero attached hydrogens (tertiary/aromatic N) is 4. The van der Waals surface area contributed by atoms with Crippen LogP contribution in [0.15, 0.2) is 47.1 Å². The number of halogens is 3. The number of pyridine rings is 1. The SMILES string of the molecule is C[n+]1cc(-c2ccc3c(c2)CC[C@H](CO/N=C(\C(=O)N[C@H]2C(=O)N(OS(=O)(=O)OC(=O)C(F)(F)F)C2(C)C)c2csc(N)n2)O3)ccc1NCCN. The van der Waals surface area contributed by atoms with Crippen LogP contribution in [0.5, 0.6) is 5.75 Å². The number of thiazole rings is 1. The van der Waals surface area contributed by atoms with Crippen LogP contribution in [0, 0.1) is 0 Å². The van der Waals surface area contributed by atoms with E-state index in [0.717, 1.165) is 33.8 Å². The van der Waals surface area contributed by atoms with Crippen molar-refractivity contribution in [1.29, 1.82) is 0 Å². The first-order valence-corrected chi connectivity index (χ1v) is 17.7. The summed E-state index contributed by atoms with van der Waals surface area (Å²) in [7, 11) is -3.72. The predicted molar refractivity (Wildman–Crippen MR) is 177 cm³/mol. The van der Waals surface area contributed by atoms with Gasteiger partial charge in [0.05, 0.1) is 25.3 Å². The number of alkyl halides is 3. The van der Waals surface area contributed by atoms with Crippen LogP contribution in [0.2, 0.25) is 0 Å². The van der Waals surface area contributed by atoms with Crippen LogP contribution in [-0.4, -0.2) is 85.5 Å². The van der Waals surface area contributed by atoms with Crippen molar-refractivity contribution >= 4 is 56.2 Å². The molecule has 5 rings (SSSR count).